The van der Waals surface area contributed by atoms with Crippen molar-refractivity contribution in [2.24, 2.45) is 0 Å². The van der Waals surface area contributed by atoms with Crippen LogP contribution in [0.1, 0.15) is 44.5 Å². The van der Waals surface area contributed by atoms with E-state index in [9.17, 15) is 14.9 Å². The number of hydrogen-bond acceptors (Lipinski definition) is 7. The minimum Gasteiger partial charge on any atom is -0.365 e. The summed E-state index contributed by atoms with van der Waals surface area (Å²) in [5.41, 5.74) is 0.450. The van der Waals surface area contributed by atoms with Crippen molar-refractivity contribution in [3.8, 4) is 0 Å². The Bertz CT molecular complexity index is 1090. The van der Waals surface area contributed by atoms with Crippen LogP contribution in [0.2, 0.25) is 0 Å². The highest BCUT2D eigenvalue weighted by Crippen LogP contribution is 2.36. The van der Waals surface area contributed by atoms with Crippen LogP contribution in [-0.2, 0) is 0 Å². The van der Waals surface area contributed by atoms with Crippen LogP contribution < -0.4 is 10.5 Å². The number of H-pyrrole nitrogens is 1. The van der Waals surface area contributed by atoms with Gasteiger partial charge >= 0.3 is 0 Å². The second-order valence-electron chi connectivity index (χ2n) is 7.32. The molecule has 0 radical (unpaired) electrons. The Morgan fingerprint density at radius 2 is 2.18 bits per heavy atom. The molecule has 2 aromatic heterocycles. The lowest BCUT2D eigenvalue weighted by Crippen LogP contribution is -2.36. The molecule has 0 spiro atoms. The van der Waals surface area contributed by atoms with Crippen LogP contribution >= 0.6 is 0 Å². The highest BCUT2D eigenvalue weighted by atomic mass is 16.6. The normalized spacial score (nSPS) is 17.4. The van der Waals surface area contributed by atoms with Gasteiger partial charge in [-0.3, -0.25) is 14.9 Å². The van der Waals surface area contributed by atoms with Crippen LogP contribution in [0, 0.1) is 10.1 Å². The summed E-state index contributed by atoms with van der Waals surface area (Å²) in [6.45, 7) is 5.44. The quantitative estimate of drug-likeness (QED) is 0.542. The van der Waals surface area contributed by atoms with Crippen molar-refractivity contribution in [1.29, 1.82) is 0 Å². The fraction of sp³-hybridized carbons (Fsp3) is 0.444. The average molecular weight is 383 g/mol. The van der Waals surface area contributed by atoms with Crippen molar-refractivity contribution in [3.05, 3.63) is 51.1 Å². The van der Waals surface area contributed by atoms with E-state index in [1.807, 2.05) is 9.47 Å². The molecule has 1 unspecified atom stereocenters. The van der Waals surface area contributed by atoms with Gasteiger partial charge in [-0.1, -0.05) is 0 Å². The van der Waals surface area contributed by atoms with Crippen molar-refractivity contribution in [2.75, 3.05) is 18.0 Å². The third-order valence-corrected chi connectivity index (χ3v) is 5.22. The predicted octanol–water partition coefficient (Wildman–Crippen LogP) is 2.39. The third-order valence-electron chi connectivity index (χ3n) is 5.22. The summed E-state index contributed by atoms with van der Waals surface area (Å²) >= 11 is 0. The molecule has 0 aliphatic carbocycles. The minimum absolute atomic E-state index is 0.0861. The van der Waals surface area contributed by atoms with E-state index in [2.05, 4.69) is 34.0 Å². The Balaban J connectivity index is 1.75. The third kappa shape index (κ3) is 3.10. The monoisotopic (exact) mass is 383 g/mol. The highest BCUT2D eigenvalue weighted by molar-refractivity contribution is 5.87. The molecular formula is C18H21N7O3. The van der Waals surface area contributed by atoms with Crippen LogP contribution in [0.5, 0.6) is 0 Å². The van der Waals surface area contributed by atoms with Gasteiger partial charge in [-0.2, -0.15) is 0 Å². The van der Waals surface area contributed by atoms with Gasteiger partial charge < -0.3 is 14.5 Å². The van der Waals surface area contributed by atoms with Gasteiger partial charge in [-0.25, -0.2) is 4.98 Å². The van der Waals surface area contributed by atoms with E-state index in [0.29, 0.717) is 24.3 Å². The molecule has 3 aromatic rings. The first kappa shape index (κ1) is 18.1. The Labute approximate surface area is 160 Å². The number of aromatic nitrogens is 5. The first-order valence-corrected chi connectivity index (χ1v) is 9.26. The maximum Gasteiger partial charge on any atom is 0.293 e. The van der Waals surface area contributed by atoms with Gasteiger partial charge in [0.2, 0.25) is 0 Å². The van der Waals surface area contributed by atoms with Crippen LogP contribution in [-0.4, -0.2) is 42.7 Å². The molecule has 3 heterocycles. The Hall–Kier alpha value is -3.30. The predicted molar refractivity (Wildman–Crippen MR) is 104 cm³/mol. The van der Waals surface area contributed by atoms with Crippen molar-refractivity contribution < 1.29 is 4.92 Å². The lowest BCUT2D eigenvalue weighted by Gasteiger charge is -2.34. The zero-order chi connectivity index (χ0) is 19.8. The molecule has 0 amide bonds. The van der Waals surface area contributed by atoms with Gasteiger partial charge in [0.15, 0.2) is 0 Å². The number of nitro benzene ring substituents is 1. The largest absolute Gasteiger partial charge is 0.365 e. The second-order valence-corrected chi connectivity index (χ2v) is 7.32. The summed E-state index contributed by atoms with van der Waals surface area (Å²) in [6.07, 6.45) is 4.87. The number of aromatic amines is 1. The van der Waals surface area contributed by atoms with Crippen molar-refractivity contribution in [3.63, 3.8) is 0 Å². The molecule has 1 N–H and O–H groups in total. The van der Waals surface area contributed by atoms with Gasteiger partial charge in [0, 0.05) is 31.1 Å². The first-order chi connectivity index (χ1) is 13.5. The van der Waals surface area contributed by atoms with E-state index < -0.39 is 4.92 Å². The van der Waals surface area contributed by atoms with Crippen LogP contribution in [0.3, 0.4) is 0 Å². The summed E-state index contributed by atoms with van der Waals surface area (Å²) in [7, 11) is 0. The molecule has 10 nitrogen and oxygen atoms in total. The van der Waals surface area contributed by atoms with E-state index in [1.165, 1.54) is 12.4 Å². The summed E-state index contributed by atoms with van der Waals surface area (Å²) in [5, 5.41) is 20.3. The molecule has 1 atom stereocenters. The topological polar surface area (TPSA) is 123 Å². The number of piperidine rings is 1. The van der Waals surface area contributed by atoms with Crippen molar-refractivity contribution in [1.82, 2.24) is 24.7 Å². The first-order valence-electron chi connectivity index (χ1n) is 9.26. The molecule has 0 bridgehead atoms. The molecule has 10 heteroatoms. The molecule has 1 aromatic carbocycles. The molecule has 146 valence electrons. The SMILES string of the molecule is CC(C)n1cnnc1C1CCCN(c2cc3nc[nH]c(=O)c3cc2[N+](=O)[O-])C1. The number of fused-ring (bicyclic) bond motifs is 1. The van der Waals surface area contributed by atoms with Crippen LogP contribution in [0.15, 0.2) is 29.6 Å². The van der Waals surface area contributed by atoms with Crippen LogP contribution in [0.4, 0.5) is 11.4 Å². The molecule has 1 aliphatic rings. The Morgan fingerprint density at radius 3 is 2.93 bits per heavy atom. The Morgan fingerprint density at radius 1 is 1.36 bits per heavy atom. The summed E-state index contributed by atoms with van der Waals surface area (Å²) < 4.78 is 2.05. The van der Waals surface area contributed by atoms with E-state index in [0.717, 1.165) is 18.7 Å². The molecule has 1 fully saturated rings. The molecule has 1 saturated heterocycles. The van der Waals surface area contributed by atoms with E-state index >= 15 is 0 Å². The van der Waals surface area contributed by atoms with Gasteiger partial charge in [0.25, 0.3) is 11.2 Å². The number of hydrogen-bond donors (Lipinski definition) is 1. The van der Waals surface area contributed by atoms with E-state index in [-0.39, 0.29) is 28.6 Å². The number of rotatable bonds is 4. The minimum atomic E-state index is -0.443. The standard InChI is InChI=1S/C18H21N7O3/c1-11(2)24-10-21-22-17(24)12-4-3-5-23(8-12)15-7-14-13(6-16(15)25(27)28)18(26)20-9-19-14/h6-7,9-12H,3-5,8H2,1-2H3,(H,19,20,26). The molecule has 4 rings (SSSR count). The average Bonchev–Trinajstić information content (AvgIpc) is 3.18. The zero-order valence-corrected chi connectivity index (χ0v) is 15.7. The van der Waals surface area contributed by atoms with Crippen LogP contribution in [0.25, 0.3) is 10.9 Å². The number of nitrogens with one attached hydrogen (secondary N) is 1. The number of nitrogens with zero attached hydrogens (tertiary/aromatic N) is 6. The van der Waals surface area contributed by atoms with Gasteiger partial charge in [0.05, 0.1) is 22.2 Å². The van der Waals surface area contributed by atoms with Crippen molar-refractivity contribution >= 4 is 22.3 Å². The maximum absolute atomic E-state index is 12.0. The number of nitro groups is 1. The molecule has 0 saturated carbocycles. The van der Waals surface area contributed by atoms with E-state index in [4.69, 9.17) is 0 Å². The smallest absolute Gasteiger partial charge is 0.293 e. The van der Waals surface area contributed by atoms with Gasteiger partial charge in [-0.15, -0.1) is 10.2 Å². The lowest BCUT2D eigenvalue weighted by atomic mass is 9.96. The molecule has 1 aliphatic heterocycles. The fourth-order valence-electron chi connectivity index (χ4n) is 3.84. The number of anilines is 1. The second kappa shape index (κ2) is 7.02. The zero-order valence-electron chi connectivity index (χ0n) is 15.7. The van der Waals surface area contributed by atoms with Gasteiger partial charge in [-0.05, 0) is 32.8 Å². The summed E-state index contributed by atoms with van der Waals surface area (Å²) in [6, 6.07) is 3.20. The molecule has 28 heavy (non-hydrogen) atoms. The summed E-state index contributed by atoms with van der Waals surface area (Å²) in [4.78, 5) is 31.9. The fourth-order valence-corrected chi connectivity index (χ4v) is 3.84. The van der Waals surface area contributed by atoms with Crippen molar-refractivity contribution in [2.45, 2.75) is 38.6 Å². The Kier molecular flexibility index (Phi) is 4.54. The maximum atomic E-state index is 12.0. The highest BCUT2D eigenvalue weighted by Gasteiger charge is 2.30. The van der Waals surface area contributed by atoms with Gasteiger partial charge in [0.1, 0.15) is 17.8 Å². The number of benzene rings is 1. The summed E-state index contributed by atoms with van der Waals surface area (Å²) in [5.74, 6) is 1.03. The molecular weight excluding hydrogens is 362 g/mol. The lowest BCUT2D eigenvalue weighted by molar-refractivity contribution is -0.384. The van der Waals surface area contributed by atoms with E-state index in [1.54, 1.807) is 12.4 Å².